The number of hydrogen-bond acceptors (Lipinski definition) is 6. The van der Waals surface area contributed by atoms with Crippen molar-refractivity contribution in [2.45, 2.75) is 25.8 Å². The highest BCUT2D eigenvalue weighted by atomic mass is 16.5. The van der Waals surface area contributed by atoms with E-state index < -0.39 is 5.91 Å². The Bertz CT molecular complexity index is 1240. The molecule has 4 rings (SSSR count). The SMILES string of the molecule is COc1cc(NC(=O)c2cccc(NC(=O)CCn3ccnc3)c2)c(C(=O)N2CCCC2)cc1OC. The van der Waals surface area contributed by atoms with E-state index in [4.69, 9.17) is 9.47 Å². The van der Waals surface area contributed by atoms with Crippen molar-refractivity contribution in [1.29, 1.82) is 0 Å². The van der Waals surface area contributed by atoms with Gasteiger partial charge in [0.25, 0.3) is 11.8 Å². The summed E-state index contributed by atoms with van der Waals surface area (Å²) in [5.41, 5.74) is 1.48. The van der Waals surface area contributed by atoms with Crippen LogP contribution in [0.15, 0.2) is 55.1 Å². The number of carbonyl (C=O) groups excluding carboxylic acids is 3. The zero-order valence-electron chi connectivity index (χ0n) is 20.3. The summed E-state index contributed by atoms with van der Waals surface area (Å²) in [7, 11) is 2.99. The summed E-state index contributed by atoms with van der Waals surface area (Å²) in [5, 5.41) is 5.65. The maximum atomic E-state index is 13.2. The second-order valence-electron chi connectivity index (χ2n) is 8.39. The van der Waals surface area contributed by atoms with Gasteiger partial charge < -0.3 is 29.6 Å². The number of amides is 3. The van der Waals surface area contributed by atoms with Crippen LogP contribution in [-0.4, -0.2) is 59.5 Å². The molecule has 2 aromatic carbocycles. The normalized spacial score (nSPS) is 12.8. The third-order valence-electron chi connectivity index (χ3n) is 5.96. The first-order valence-electron chi connectivity index (χ1n) is 11.7. The number of aryl methyl sites for hydroxylation is 1. The van der Waals surface area contributed by atoms with Crippen LogP contribution < -0.4 is 20.1 Å². The van der Waals surface area contributed by atoms with Crippen molar-refractivity contribution >= 4 is 29.1 Å². The molecule has 0 aliphatic carbocycles. The molecule has 188 valence electrons. The Kier molecular flexibility index (Phi) is 7.84. The van der Waals surface area contributed by atoms with Crippen molar-refractivity contribution in [3.05, 3.63) is 66.2 Å². The Balaban J connectivity index is 1.51. The van der Waals surface area contributed by atoms with Crippen LogP contribution in [0.2, 0.25) is 0 Å². The number of hydrogen-bond donors (Lipinski definition) is 2. The Morgan fingerprint density at radius 3 is 2.44 bits per heavy atom. The van der Waals surface area contributed by atoms with Gasteiger partial charge in [0.05, 0.1) is 31.8 Å². The molecule has 3 aromatic rings. The van der Waals surface area contributed by atoms with E-state index >= 15 is 0 Å². The van der Waals surface area contributed by atoms with Gasteiger partial charge in [-0.3, -0.25) is 14.4 Å². The van der Waals surface area contributed by atoms with Crippen molar-refractivity contribution in [1.82, 2.24) is 14.5 Å². The van der Waals surface area contributed by atoms with Crippen molar-refractivity contribution in [3.63, 3.8) is 0 Å². The molecular weight excluding hydrogens is 462 g/mol. The minimum Gasteiger partial charge on any atom is -0.493 e. The molecule has 1 saturated heterocycles. The number of aromatic nitrogens is 2. The van der Waals surface area contributed by atoms with Gasteiger partial charge in [-0.2, -0.15) is 0 Å². The maximum Gasteiger partial charge on any atom is 0.256 e. The van der Waals surface area contributed by atoms with E-state index in [2.05, 4.69) is 15.6 Å². The molecule has 1 aliphatic rings. The minimum atomic E-state index is -0.424. The molecule has 1 fully saturated rings. The number of methoxy groups -OCH3 is 2. The van der Waals surface area contributed by atoms with Gasteiger partial charge in [0.1, 0.15) is 0 Å². The zero-order chi connectivity index (χ0) is 25.5. The summed E-state index contributed by atoms with van der Waals surface area (Å²) < 4.78 is 12.6. The van der Waals surface area contributed by atoms with Crippen LogP contribution in [0.1, 0.15) is 40.0 Å². The predicted octanol–water partition coefficient (Wildman–Crippen LogP) is 3.42. The monoisotopic (exact) mass is 491 g/mol. The fourth-order valence-corrected chi connectivity index (χ4v) is 4.06. The fraction of sp³-hybridized carbons (Fsp3) is 0.308. The third-order valence-corrected chi connectivity index (χ3v) is 5.96. The van der Waals surface area contributed by atoms with Gasteiger partial charge in [0, 0.05) is 55.8 Å². The number of carbonyl (C=O) groups is 3. The summed E-state index contributed by atoms with van der Waals surface area (Å²) in [5.74, 6) is 0.0117. The van der Waals surface area contributed by atoms with Gasteiger partial charge in [0.15, 0.2) is 11.5 Å². The number of likely N-dealkylation sites (tertiary alicyclic amines) is 1. The molecule has 2 heterocycles. The second kappa shape index (κ2) is 11.4. The van der Waals surface area contributed by atoms with Crippen LogP contribution in [0.3, 0.4) is 0 Å². The summed E-state index contributed by atoms with van der Waals surface area (Å²) in [6.45, 7) is 1.84. The average Bonchev–Trinajstić information content (AvgIpc) is 3.62. The summed E-state index contributed by atoms with van der Waals surface area (Å²) >= 11 is 0. The average molecular weight is 492 g/mol. The number of nitrogens with one attached hydrogen (secondary N) is 2. The zero-order valence-corrected chi connectivity index (χ0v) is 20.3. The van der Waals surface area contributed by atoms with Crippen LogP contribution in [0.5, 0.6) is 11.5 Å². The molecule has 1 aromatic heterocycles. The van der Waals surface area contributed by atoms with Crippen molar-refractivity contribution in [3.8, 4) is 11.5 Å². The van der Waals surface area contributed by atoms with E-state index in [0.717, 1.165) is 12.8 Å². The molecule has 3 amide bonds. The van der Waals surface area contributed by atoms with E-state index in [0.29, 0.717) is 53.6 Å². The highest BCUT2D eigenvalue weighted by molar-refractivity contribution is 6.10. The van der Waals surface area contributed by atoms with Gasteiger partial charge in [-0.1, -0.05) is 6.07 Å². The highest BCUT2D eigenvalue weighted by Gasteiger charge is 2.25. The van der Waals surface area contributed by atoms with Gasteiger partial charge in [0.2, 0.25) is 5.91 Å². The lowest BCUT2D eigenvalue weighted by atomic mass is 10.1. The van der Waals surface area contributed by atoms with Crippen LogP contribution in [0, 0.1) is 0 Å². The topological polar surface area (TPSA) is 115 Å². The first-order chi connectivity index (χ1) is 17.5. The Labute approximate surface area is 209 Å². The molecule has 0 saturated carbocycles. The summed E-state index contributed by atoms with van der Waals surface area (Å²) in [6, 6.07) is 9.80. The lowest BCUT2D eigenvalue weighted by Crippen LogP contribution is -2.29. The third kappa shape index (κ3) is 5.83. The molecule has 0 unspecified atom stereocenters. The summed E-state index contributed by atoms with van der Waals surface area (Å²) in [6.07, 6.45) is 7.25. The highest BCUT2D eigenvalue weighted by Crippen LogP contribution is 2.34. The van der Waals surface area contributed by atoms with Crippen molar-refractivity contribution in [2.75, 3.05) is 37.9 Å². The second-order valence-corrected chi connectivity index (χ2v) is 8.39. The number of benzene rings is 2. The van der Waals surface area contributed by atoms with E-state index in [-0.39, 0.29) is 18.2 Å². The lowest BCUT2D eigenvalue weighted by molar-refractivity contribution is -0.116. The number of nitrogens with zero attached hydrogens (tertiary/aromatic N) is 3. The molecule has 1 aliphatic heterocycles. The van der Waals surface area contributed by atoms with Crippen LogP contribution >= 0.6 is 0 Å². The van der Waals surface area contributed by atoms with Gasteiger partial charge >= 0.3 is 0 Å². The molecule has 0 bridgehead atoms. The molecule has 2 N–H and O–H groups in total. The number of rotatable bonds is 9. The van der Waals surface area contributed by atoms with Crippen LogP contribution in [-0.2, 0) is 11.3 Å². The first kappa shape index (κ1) is 24.8. The van der Waals surface area contributed by atoms with Crippen LogP contribution in [0.25, 0.3) is 0 Å². The molecule has 10 nitrogen and oxygen atoms in total. The molecule has 0 radical (unpaired) electrons. The lowest BCUT2D eigenvalue weighted by Gasteiger charge is -2.20. The van der Waals surface area contributed by atoms with E-state index in [9.17, 15) is 14.4 Å². The molecule has 0 atom stereocenters. The molecule has 0 spiro atoms. The smallest absolute Gasteiger partial charge is 0.256 e. The van der Waals surface area contributed by atoms with E-state index in [1.54, 1.807) is 60.0 Å². The predicted molar refractivity (Wildman–Crippen MR) is 135 cm³/mol. The number of anilines is 2. The Morgan fingerprint density at radius 1 is 1.00 bits per heavy atom. The van der Waals surface area contributed by atoms with Gasteiger partial charge in [-0.15, -0.1) is 0 Å². The van der Waals surface area contributed by atoms with E-state index in [1.165, 1.54) is 14.2 Å². The minimum absolute atomic E-state index is 0.178. The largest absolute Gasteiger partial charge is 0.493 e. The molecular formula is C26H29N5O5. The van der Waals surface area contributed by atoms with Crippen molar-refractivity contribution in [2.24, 2.45) is 0 Å². The Morgan fingerprint density at radius 2 is 1.75 bits per heavy atom. The van der Waals surface area contributed by atoms with Crippen LogP contribution in [0.4, 0.5) is 11.4 Å². The number of imidazole rings is 1. The maximum absolute atomic E-state index is 13.2. The molecule has 36 heavy (non-hydrogen) atoms. The molecule has 10 heteroatoms. The van der Waals surface area contributed by atoms with Crippen molar-refractivity contribution < 1.29 is 23.9 Å². The standard InChI is InChI=1S/C26H29N5O5/c1-35-22-15-20(26(34)31-10-3-4-11-31)21(16-23(22)36-2)29-25(33)18-6-5-7-19(14-18)28-24(32)8-12-30-13-9-27-17-30/h5-7,9,13-17H,3-4,8,10-12H2,1-2H3,(H,28,32)(H,29,33). The first-order valence-corrected chi connectivity index (χ1v) is 11.7. The van der Waals surface area contributed by atoms with Gasteiger partial charge in [-0.25, -0.2) is 4.98 Å². The quantitative estimate of drug-likeness (QED) is 0.474. The summed E-state index contributed by atoms with van der Waals surface area (Å²) in [4.78, 5) is 44.4. The van der Waals surface area contributed by atoms with Gasteiger partial charge in [-0.05, 0) is 37.1 Å². The van der Waals surface area contributed by atoms with E-state index in [1.807, 2.05) is 4.57 Å². The number of ether oxygens (including phenoxy) is 2. The Hall–Kier alpha value is -4.34. The fourth-order valence-electron chi connectivity index (χ4n) is 4.06.